The zero-order valence-electron chi connectivity index (χ0n) is 16.8. The van der Waals surface area contributed by atoms with Crippen LogP contribution in [0.5, 0.6) is 0 Å². The van der Waals surface area contributed by atoms with E-state index in [1.54, 1.807) is 17.0 Å². The van der Waals surface area contributed by atoms with Gasteiger partial charge in [-0.05, 0) is 54.7 Å². The molecule has 1 aliphatic heterocycles. The Morgan fingerprint density at radius 3 is 2.44 bits per heavy atom. The summed E-state index contributed by atoms with van der Waals surface area (Å²) in [6.45, 7) is 1.05. The molecule has 0 radical (unpaired) electrons. The summed E-state index contributed by atoms with van der Waals surface area (Å²) in [6, 6.07) is 10.6. The van der Waals surface area contributed by atoms with Crippen molar-refractivity contribution in [2.24, 2.45) is 0 Å². The quantitative estimate of drug-likeness (QED) is 0.396. The maximum atomic E-state index is 14.3. The van der Waals surface area contributed by atoms with Crippen LogP contribution in [0.25, 0.3) is 0 Å². The van der Waals surface area contributed by atoms with Crippen molar-refractivity contribution in [3.63, 3.8) is 0 Å². The number of pyridine rings is 1. The van der Waals surface area contributed by atoms with Crippen LogP contribution in [-0.4, -0.2) is 28.9 Å². The van der Waals surface area contributed by atoms with E-state index < -0.39 is 5.82 Å². The summed E-state index contributed by atoms with van der Waals surface area (Å²) < 4.78 is 27.5. The van der Waals surface area contributed by atoms with Gasteiger partial charge in [-0.2, -0.15) is 0 Å². The van der Waals surface area contributed by atoms with Crippen LogP contribution in [0.4, 0.5) is 20.2 Å². The lowest BCUT2D eigenvalue weighted by Crippen LogP contribution is -2.38. The molecule has 1 aliphatic rings. The Morgan fingerprint density at radius 2 is 1.78 bits per heavy atom. The van der Waals surface area contributed by atoms with Gasteiger partial charge in [-0.3, -0.25) is 4.79 Å². The summed E-state index contributed by atoms with van der Waals surface area (Å²) in [5.74, 6) is -0.857. The van der Waals surface area contributed by atoms with Crippen LogP contribution in [0.3, 0.4) is 0 Å². The third-order valence-electron chi connectivity index (χ3n) is 5.55. The van der Waals surface area contributed by atoms with Crippen LogP contribution < -0.4 is 5.32 Å². The number of nitrogens with zero attached hydrogens (tertiary/aromatic N) is 2. The number of rotatable bonds is 4. The van der Waals surface area contributed by atoms with Crippen LogP contribution in [0, 0.1) is 11.6 Å². The molecule has 4 rings (SSSR count). The second-order valence-corrected chi connectivity index (χ2v) is 8.79. The van der Waals surface area contributed by atoms with Gasteiger partial charge in [0.25, 0.3) is 5.91 Å². The number of carbonyl (C=O) groups is 1. The molecule has 1 fully saturated rings. The molecule has 4 nitrogen and oxygen atoms in total. The molecule has 0 aliphatic carbocycles. The Labute approximate surface area is 200 Å². The van der Waals surface area contributed by atoms with E-state index in [9.17, 15) is 13.6 Å². The lowest BCUT2D eigenvalue weighted by Gasteiger charge is -2.32. The lowest BCUT2D eigenvalue weighted by atomic mass is 9.89. The molecule has 3 aromatic rings. The summed E-state index contributed by atoms with van der Waals surface area (Å²) in [7, 11) is 0. The number of nitrogens with one attached hydrogen (secondary N) is 1. The zero-order chi connectivity index (χ0) is 22.8. The van der Waals surface area contributed by atoms with Gasteiger partial charge in [0.2, 0.25) is 0 Å². The van der Waals surface area contributed by atoms with E-state index in [1.807, 2.05) is 0 Å². The fourth-order valence-corrected chi connectivity index (χ4v) is 4.33. The van der Waals surface area contributed by atoms with Crippen molar-refractivity contribution < 1.29 is 13.6 Å². The Kier molecular flexibility index (Phi) is 6.88. The first-order valence-electron chi connectivity index (χ1n) is 9.97. The molecule has 166 valence electrons. The Bertz CT molecular complexity index is 1150. The molecular formula is C23H19Cl2F2N3OS. The SMILES string of the molecule is O=C(c1cnc(S)c(Cl)c1Nc1ccc(Cl)cc1F)N1CCC(c2ccc(F)cc2)CC1. The van der Waals surface area contributed by atoms with E-state index >= 15 is 0 Å². The highest BCUT2D eigenvalue weighted by Crippen LogP contribution is 2.36. The molecule has 1 N–H and O–H groups in total. The van der Waals surface area contributed by atoms with E-state index in [-0.39, 0.29) is 49.7 Å². The van der Waals surface area contributed by atoms with Crippen molar-refractivity contribution in [2.75, 3.05) is 18.4 Å². The number of anilines is 2. The number of benzene rings is 2. The minimum absolute atomic E-state index is 0.120. The van der Waals surface area contributed by atoms with Crippen LogP contribution >= 0.6 is 35.8 Å². The molecule has 1 amide bonds. The topological polar surface area (TPSA) is 45.2 Å². The molecule has 0 spiro atoms. The molecule has 32 heavy (non-hydrogen) atoms. The average molecular weight is 494 g/mol. The van der Waals surface area contributed by atoms with Gasteiger partial charge in [-0.15, -0.1) is 12.6 Å². The molecule has 0 bridgehead atoms. The number of thiol groups is 1. The lowest BCUT2D eigenvalue weighted by molar-refractivity contribution is 0.0713. The molecular weight excluding hydrogens is 475 g/mol. The number of aromatic nitrogens is 1. The number of hydrogen-bond donors (Lipinski definition) is 2. The first-order valence-corrected chi connectivity index (χ1v) is 11.2. The van der Waals surface area contributed by atoms with Gasteiger partial charge in [0, 0.05) is 24.3 Å². The maximum absolute atomic E-state index is 14.3. The van der Waals surface area contributed by atoms with Gasteiger partial charge in [0.15, 0.2) is 0 Å². The molecule has 1 saturated heterocycles. The highest BCUT2D eigenvalue weighted by molar-refractivity contribution is 7.80. The van der Waals surface area contributed by atoms with Gasteiger partial charge in [-0.25, -0.2) is 13.8 Å². The van der Waals surface area contributed by atoms with Gasteiger partial charge in [0.1, 0.15) is 16.7 Å². The maximum Gasteiger partial charge on any atom is 0.257 e. The molecule has 0 unspecified atom stereocenters. The van der Waals surface area contributed by atoms with Crippen molar-refractivity contribution >= 4 is 53.1 Å². The number of halogens is 4. The van der Waals surface area contributed by atoms with E-state index in [0.29, 0.717) is 13.1 Å². The first kappa shape index (κ1) is 22.8. The normalized spacial score (nSPS) is 14.5. The number of likely N-dealkylation sites (tertiary alicyclic amines) is 1. The van der Waals surface area contributed by atoms with Gasteiger partial charge in [0.05, 0.1) is 22.0 Å². The van der Waals surface area contributed by atoms with Gasteiger partial charge >= 0.3 is 0 Å². The van der Waals surface area contributed by atoms with Gasteiger partial charge in [-0.1, -0.05) is 35.3 Å². The van der Waals surface area contributed by atoms with Gasteiger partial charge < -0.3 is 10.2 Å². The van der Waals surface area contributed by atoms with E-state index in [1.165, 1.54) is 36.5 Å². The Hall–Kier alpha value is -2.35. The van der Waals surface area contributed by atoms with E-state index in [0.717, 1.165) is 18.4 Å². The van der Waals surface area contributed by atoms with Crippen molar-refractivity contribution in [2.45, 2.75) is 23.8 Å². The molecule has 1 aromatic heterocycles. The fourth-order valence-electron chi connectivity index (χ4n) is 3.81. The summed E-state index contributed by atoms with van der Waals surface area (Å²) in [6.07, 6.45) is 2.88. The van der Waals surface area contributed by atoms with Crippen LogP contribution in [-0.2, 0) is 0 Å². The molecule has 2 heterocycles. The molecule has 0 atom stereocenters. The Morgan fingerprint density at radius 1 is 1.09 bits per heavy atom. The summed E-state index contributed by atoms with van der Waals surface area (Å²) >= 11 is 16.4. The van der Waals surface area contributed by atoms with Crippen LogP contribution in [0.1, 0.15) is 34.7 Å². The fraction of sp³-hybridized carbons (Fsp3) is 0.217. The summed E-state index contributed by atoms with van der Waals surface area (Å²) in [5, 5.41) is 3.49. The second-order valence-electron chi connectivity index (χ2n) is 7.55. The second kappa shape index (κ2) is 9.65. The number of piperidine rings is 1. The monoisotopic (exact) mass is 493 g/mol. The molecule has 0 saturated carbocycles. The predicted octanol–water partition coefficient (Wildman–Crippen LogP) is 6.72. The van der Waals surface area contributed by atoms with E-state index in [2.05, 4.69) is 22.9 Å². The largest absolute Gasteiger partial charge is 0.351 e. The number of hydrogen-bond acceptors (Lipinski definition) is 4. The molecule has 9 heteroatoms. The summed E-state index contributed by atoms with van der Waals surface area (Å²) in [4.78, 5) is 19.1. The average Bonchev–Trinajstić information content (AvgIpc) is 2.79. The summed E-state index contributed by atoms with van der Waals surface area (Å²) in [5.41, 5.74) is 1.64. The third kappa shape index (κ3) is 4.85. The minimum Gasteiger partial charge on any atom is -0.351 e. The van der Waals surface area contributed by atoms with Crippen molar-refractivity contribution in [3.8, 4) is 0 Å². The van der Waals surface area contributed by atoms with E-state index in [4.69, 9.17) is 23.2 Å². The zero-order valence-corrected chi connectivity index (χ0v) is 19.2. The molecule has 2 aromatic carbocycles. The number of carbonyl (C=O) groups excluding carboxylic acids is 1. The Balaban J connectivity index is 1.55. The predicted molar refractivity (Wildman–Crippen MR) is 125 cm³/mol. The standard InChI is InChI=1S/C23H19Cl2F2N3OS/c24-15-3-6-19(18(27)11-15)29-21-17(12-28-22(32)20(21)25)23(31)30-9-7-14(8-10-30)13-1-4-16(26)5-2-13/h1-6,11-12,14H,7-10H2,(H2,28,29,32). The van der Waals surface area contributed by atoms with Crippen molar-refractivity contribution in [1.29, 1.82) is 0 Å². The van der Waals surface area contributed by atoms with Crippen molar-refractivity contribution in [1.82, 2.24) is 9.88 Å². The van der Waals surface area contributed by atoms with Crippen LogP contribution in [0.15, 0.2) is 53.7 Å². The third-order valence-corrected chi connectivity index (χ3v) is 6.62. The highest BCUT2D eigenvalue weighted by atomic mass is 35.5. The minimum atomic E-state index is -0.579. The first-order chi connectivity index (χ1) is 15.3. The van der Waals surface area contributed by atoms with Crippen LogP contribution in [0.2, 0.25) is 10.0 Å². The van der Waals surface area contributed by atoms with Crippen molar-refractivity contribution in [3.05, 3.63) is 81.5 Å². The smallest absolute Gasteiger partial charge is 0.257 e. The highest BCUT2D eigenvalue weighted by Gasteiger charge is 2.28. The number of amides is 1.